The van der Waals surface area contributed by atoms with E-state index in [9.17, 15) is 9.59 Å². The topological polar surface area (TPSA) is 61.8 Å². The Hall–Kier alpha value is -1.10. The van der Waals surface area contributed by atoms with Crippen molar-refractivity contribution in [3.63, 3.8) is 0 Å². The maximum atomic E-state index is 11.7. The molecule has 0 aliphatic carbocycles. The second-order valence-corrected chi connectivity index (χ2v) is 8.63. The summed E-state index contributed by atoms with van der Waals surface area (Å²) in [5.41, 5.74) is 0. The number of hydrogen-bond donors (Lipinski definition) is 0. The molecule has 0 aromatic carbocycles. The quantitative estimate of drug-likeness (QED) is 0.164. The van der Waals surface area contributed by atoms with E-state index < -0.39 is 0 Å². The van der Waals surface area contributed by atoms with Gasteiger partial charge >= 0.3 is 11.9 Å². The molecular formula is C25H46O5. The van der Waals surface area contributed by atoms with Gasteiger partial charge in [-0.3, -0.25) is 9.59 Å². The van der Waals surface area contributed by atoms with E-state index in [-0.39, 0.29) is 18.0 Å². The van der Waals surface area contributed by atoms with Crippen LogP contribution in [-0.4, -0.2) is 37.9 Å². The van der Waals surface area contributed by atoms with Gasteiger partial charge < -0.3 is 14.2 Å². The van der Waals surface area contributed by atoms with Crippen LogP contribution >= 0.6 is 0 Å². The molecule has 1 saturated heterocycles. The molecule has 0 bridgehead atoms. The highest BCUT2D eigenvalue weighted by atomic mass is 16.6. The van der Waals surface area contributed by atoms with Crippen molar-refractivity contribution in [3.8, 4) is 0 Å². The Balaban J connectivity index is 1.76. The first-order valence-corrected chi connectivity index (χ1v) is 12.6. The van der Waals surface area contributed by atoms with Crippen molar-refractivity contribution in [3.05, 3.63) is 0 Å². The van der Waals surface area contributed by atoms with E-state index in [1.54, 1.807) is 0 Å². The lowest BCUT2D eigenvalue weighted by molar-refractivity contribution is -0.147. The zero-order valence-electron chi connectivity index (χ0n) is 19.5. The fourth-order valence-corrected chi connectivity index (χ4v) is 3.77. The third-order valence-electron chi connectivity index (χ3n) is 5.73. The number of esters is 2. The first-order valence-electron chi connectivity index (χ1n) is 12.6. The lowest BCUT2D eigenvalue weighted by Gasteiger charge is -2.10. The summed E-state index contributed by atoms with van der Waals surface area (Å²) in [5.74, 6) is -0.156. The third-order valence-corrected chi connectivity index (χ3v) is 5.73. The number of carbonyl (C=O) groups excluding carboxylic acids is 2. The summed E-state index contributed by atoms with van der Waals surface area (Å²) in [4.78, 5) is 23.4. The van der Waals surface area contributed by atoms with Crippen molar-refractivity contribution in [1.29, 1.82) is 0 Å². The Labute approximate surface area is 184 Å². The van der Waals surface area contributed by atoms with E-state index in [4.69, 9.17) is 14.2 Å². The minimum absolute atomic E-state index is 0.0491. The molecule has 0 aromatic rings. The van der Waals surface area contributed by atoms with Crippen LogP contribution in [0.4, 0.5) is 0 Å². The van der Waals surface area contributed by atoms with Crippen LogP contribution in [0.5, 0.6) is 0 Å². The molecule has 1 aliphatic heterocycles. The van der Waals surface area contributed by atoms with Gasteiger partial charge in [0.2, 0.25) is 0 Å². The van der Waals surface area contributed by atoms with E-state index in [0.717, 1.165) is 64.4 Å². The van der Waals surface area contributed by atoms with Crippen LogP contribution in [0.15, 0.2) is 0 Å². The third kappa shape index (κ3) is 16.7. The molecule has 1 unspecified atom stereocenters. The summed E-state index contributed by atoms with van der Waals surface area (Å²) in [7, 11) is 0. The monoisotopic (exact) mass is 426 g/mol. The van der Waals surface area contributed by atoms with Gasteiger partial charge in [0, 0.05) is 19.4 Å². The largest absolute Gasteiger partial charge is 0.466 e. The van der Waals surface area contributed by atoms with Gasteiger partial charge in [-0.25, -0.2) is 0 Å². The van der Waals surface area contributed by atoms with E-state index in [2.05, 4.69) is 6.92 Å². The van der Waals surface area contributed by atoms with Crippen molar-refractivity contribution in [1.82, 2.24) is 0 Å². The Bertz CT molecular complexity index is 418. The highest BCUT2D eigenvalue weighted by Crippen LogP contribution is 2.13. The molecule has 0 saturated carbocycles. The predicted octanol–water partition coefficient (Wildman–Crippen LogP) is 6.51. The van der Waals surface area contributed by atoms with E-state index in [0.29, 0.717) is 26.1 Å². The molecule has 30 heavy (non-hydrogen) atoms. The minimum Gasteiger partial charge on any atom is -0.466 e. The standard InChI is InChI=1S/C25H46O5/c1-2-3-4-5-6-9-12-15-20-29-24(26)18-13-10-7-8-11-14-19-25(27)30-22-23-17-16-21-28-23/h23H,2-22H2,1H3. The molecule has 176 valence electrons. The second kappa shape index (κ2) is 19.8. The smallest absolute Gasteiger partial charge is 0.305 e. The maximum absolute atomic E-state index is 11.7. The van der Waals surface area contributed by atoms with E-state index >= 15 is 0 Å². The SMILES string of the molecule is CCCCCCCCCCOC(=O)CCCCCCCCC(=O)OCC1CCCO1. The first kappa shape index (κ1) is 26.9. The van der Waals surface area contributed by atoms with Gasteiger partial charge in [0.1, 0.15) is 6.61 Å². The summed E-state index contributed by atoms with van der Waals surface area (Å²) < 4.78 is 16.0. The molecule has 1 aliphatic rings. The lowest BCUT2D eigenvalue weighted by Crippen LogP contribution is -2.17. The van der Waals surface area contributed by atoms with E-state index in [1.165, 1.54) is 44.9 Å². The fraction of sp³-hybridized carbons (Fsp3) is 0.920. The summed E-state index contributed by atoms with van der Waals surface area (Å²) in [6.45, 7) is 4.02. The average molecular weight is 427 g/mol. The van der Waals surface area contributed by atoms with Crippen LogP contribution in [0.3, 0.4) is 0 Å². The molecule has 0 aromatic heterocycles. The average Bonchev–Trinajstić information content (AvgIpc) is 3.26. The van der Waals surface area contributed by atoms with E-state index in [1.807, 2.05) is 0 Å². The van der Waals surface area contributed by atoms with Crippen molar-refractivity contribution >= 4 is 11.9 Å². The van der Waals surface area contributed by atoms with Crippen molar-refractivity contribution in [2.24, 2.45) is 0 Å². The number of carbonyl (C=O) groups is 2. The van der Waals surface area contributed by atoms with Crippen LogP contribution < -0.4 is 0 Å². The normalized spacial score (nSPS) is 16.0. The zero-order valence-corrected chi connectivity index (χ0v) is 19.5. The molecule has 5 heteroatoms. The van der Waals surface area contributed by atoms with Crippen LogP contribution in [-0.2, 0) is 23.8 Å². The van der Waals surface area contributed by atoms with Gasteiger partial charge in [0.05, 0.1) is 12.7 Å². The lowest BCUT2D eigenvalue weighted by atomic mass is 10.1. The van der Waals surface area contributed by atoms with Gasteiger partial charge in [-0.15, -0.1) is 0 Å². The molecule has 1 fully saturated rings. The van der Waals surface area contributed by atoms with Crippen LogP contribution in [0, 0.1) is 0 Å². The van der Waals surface area contributed by atoms with Crippen LogP contribution in [0.2, 0.25) is 0 Å². The number of ether oxygens (including phenoxy) is 3. The van der Waals surface area contributed by atoms with Crippen LogP contribution in [0.25, 0.3) is 0 Å². The van der Waals surface area contributed by atoms with Crippen molar-refractivity contribution in [2.45, 2.75) is 129 Å². The minimum atomic E-state index is -0.107. The molecular weight excluding hydrogens is 380 g/mol. The van der Waals surface area contributed by atoms with Crippen LogP contribution in [0.1, 0.15) is 122 Å². The number of rotatable bonds is 20. The molecule has 0 spiro atoms. The van der Waals surface area contributed by atoms with Gasteiger partial charge in [0.15, 0.2) is 0 Å². The van der Waals surface area contributed by atoms with Crippen molar-refractivity contribution in [2.75, 3.05) is 19.8 Å². The van der Waals surface area contributed by atoms with Gasteiger partial charge in [-0.1, -0.05) is 77.6 Å². The predicted molar refractivity (Wildman–Crippen MR) is 120 cm³/mol. The summed E-state index contributed by atoms with van der Waals surface area (Å²) >= 11 is 0. The summed E-state index contributed by atoms with van der Waals surface area (Å²) in [5, 5.41) is 0. The summed E-state index contributed by atoms with van der Waals surface area (Å²) in [6, 6.07) is 0. The fourth-order valence-electron chi connectivity index (χ4n) is 3.77. The summed E-state index contributed by atoms with van der Waals surface area (Å²) in [6.07, 6.45) is 19.4. The van der Waals surface area contributed by atoms with Gasteiger partial charge in [0.25, 0.3) is 0 Å². The van der Waals surface area contributed by atoms with Crippen molar-refractivity contribution < 1.29 is 23.8 Å². The zero-order chi connectivity index (χ0) is 21.7. The molecule has 1 atom stereocenters. The molecule has 1 rings (SSSR count). The molecule has 1 heterocycles. The number of unbranched alkanes of at least 4 members (excludes halogenated alkanes) is 12. The first-order chi connectivity index (χ1) is 14.7. The van der Waals surface area contributed by atoms with Gasteiger partial charge in [-0.05, 0) is 32.1 Å². The molecule has 0 N–H and O–H groups in total. The molecule has 0 radical (unpaired) electrons. The Morgan fingerprint density at radius 2 is 1.27 bits per heavy atom. The van der Waals surface area contributed by atoms with Gasteiger partial charge in [-0.2, -0.15) is 0 Å². The molecule has 0 amide bonds. The Morgan fingerprint density at radius 3 is 1.83 bits per heavy atom. The Morgan fingerprint density at radius 1 is 0.733 bits per heavy atom. The number of hydrogen-bond acceptors (Lipinski definition) is 5. The highest BCUT2D eigenvalue weighted by Gasteiger charge is 2.17. The Kier molecular flexibility index (Phi) is 17.8. The second-order valence-electron chi connectivity index (χ2n) is 8.63. The maximum Gasteiger partial charge on any atom is 0.305 e. The molecule has 5 nitrogen and oxygen atoms in total. The highest BCUT2D eigenvalue weighted by molar-refractivity contribution is 5.69.